The summed E-state index contributed by atoms with van der Waals surface area (Å²) in [6.45, 7) is 0. The van der Waals surface area contributed by atoms with E-state index in [-0.39, 0.29) is 17.3 Å². The van der Waals surface area contributed by atoms with Gasteiger partial charge in [0.05, 0.1) is 4.47 Å². The van der Waals surface area contributed by atoms with Gasteiger partial charge in [-0.2, -0.15) is 0 Å². The fourth-order valence-electron chi connectivity index (χ4n) is 1.25. The molecule has 0 amide bonds. The van der Waals surface area contributed by atoms with Crippen LogP contribution in [-0.2, 0) is 0 Å². The Balaban J connectivity index is 2.25. The van der Waals surface area contributed by atoms with Crippen LogP contribution in [0.2, 0.25) is 0 Å². The van der Waals surface area contributed by atoms with Crippen LogP contribution in [0.4, 0.5) is 4.39 Å². The van der Waals surface area contributed by atoms with Crippen molar-refractivity contribution in [2.75, 3.05) is 0 Å². The van der Waals surface area contributed by atoms with Crippen molar-refractivity contribution in [2.45, 2.75) is 0 Å². The van der Waals surface area contributed by atoms with E-state index in [1.165, 1.54) is 30.3 Å². The second-order valence-electron chi connectivity index (χ2n) is 3.34. The number of nitrogens with zero attached hydrogens (tertiary/aromatic N) is 1. The molecule has 0 fully saturated rings. The molecule has 1 aromatic heterocycles. The molecule has 0 aliphatic rings. The predicted octanol–water partition coefficient (Wildman–Crippen LogP) is 3.47. The number of carbonyl (C=O) groups is 1. The standard InChI is InChI=1S/C12H7BrFNO3/c13-8-5-4-7(6-9(8)14)18-11-3-1-2-10(15-11)12(16)17/h1-6H,(H,16,17). The number of rotatable bonds is 3. The molecule has 0 atom stereocenters. The predicted molar refractivity (Wildman–Crippen MR) is 65.4 cm³/mol. The van der Waals surface area contributed by atoms with Gasteiger partial charge in [-0.3, -0.25) is 0 Å². The average molecular weight is 312 g/mol. The number of benzene rings is 1. The van der Waals surface area contributed by atoms with E-state index in [1.807, 2.05) is 0 Å². The summed E-state index contributed by atoms with van der Waals surface area (Å²) in [6.07, 6.45) is 0. The van der Waals surface area contributed by atoms with E-state index >= 15 is 0 Å². The maximum atomic E-state index is 13.2. The first kappa shape index (κ1) is 12.5. The molecule has 1 N–H and O–H groups in total. The molecule has 0 saturated carbocycles. The van der Waals surface area contributed by atoms with Crippen LogP contribution < -0.4 is 4.74 Å². The van der Waals surface area contributed by atoms with Crippen molar-refractivity contribution in [3.8, 4) is 11.6 Å². The molecule has 0 radical (unpaired) electrons. The zero-order valence-electron chi connectivity index (χ0n) is 8.93. The highest BCUT2D eigenvalue weighted by Crippen LogP contribution is 2.24. The van der Waals surface area contributed by atoms with E-state index in [9.17, 15) is 9.18 Å². The molecule has 18 heavy (non-hydrogen) atoms. The van der Waals surface area contributed by atoms with E-state index < -0.39 is 11.8 Å². The highest BCUT2D eigenvalue weighted by molar-refractivity contribution is 9.10. The van der Waals surface area contributed by atoms with Crippen LogP contribution in [0.3, 0.4) is 0 Å². The van der Waals surface area contributed by atoms with Crippen LogP contribution in [0.25, 0.3) is 0 Å². The third kappa shape index (κ3) is 2.84. The van der Waals surface area contributed by atoms with Crippen LogP contribution in [0.1, 0.15) is 10.5 Å². The number of pyridine rings is 1. The van der Waals surface area contributed by atoms with Gasteiger partial charge in [-0.1, -0.05) is 6.07 Å². The Morgan fingerprint density at radius 1 is 1.33 bits per heavy atom. The minimum atomic E-state index is -1.15. The number of hydrogen-bond acceptors (Lipinski definition) is 3. The lowest BCUT2D eigenvalue weighted by Crippen LogP contribution is -2.00. The number of aromatic carboxylic acids is 1. The van der Waals surface area contributed by atoms with Gasteiger partial charge in [-0.25, -0.2) is 14.2 Å². The summed E-state index contributed by atoms with van der Waals surface area (Å²) in [6, 6.07) is 8.55. The van der Waals surface area contributed by atoms with E-state index in [2.05, 4.69) is 20.9 Å². The molecule has 0 aliphatic carbocycles. The second kappa shape index (κ2) is 5.14. The maximum absolute atomic E-state index is 13.2. The van der Waals surface area contributed by atoms with Crippen molar-refractivity contribution in [2.24, 2.45) is 0 Å². The van der Waals surface area contributed by atoms with Gasteiger partial charge in [0.15, 0.2) is 5.69 Å². The number of halogens is 2. The number of ether oxygens (including phenoxy) is 1. The highest BCUT2D eigenvalue weighted by Gasteiger charge is 2.07. The molecule has 0 saturated heterocycles. The lowest BCUT2D eigenvalue weighted by atomic mass is 10.3. The van der Waals surface area contributed by atoms with Gasteiger partial charge in [-0.15, -0.1) is 0 Å². The topological polar surface area (TPSA) is 59.4 Å². The van der Waals surface area contributed by atoms with Gasteiger partial charge in [-0.05, 0) is 34.1 Å². The Bertz CT molecular complexity index is 604. The number of carboxylic acid groups (broad SMARTS) is 1. The van der Waals surface area contributed by atoms with Crippen molar-refractivity contribution >= 4 is 21.9 Å². The van der Waals surface area contributed by atoms with Gasteiger partial charge in [0.25, 0.3) is 0 Å². The molecule has 0 spiro atoms. The molecule has 1 heterocycles. The zero-order chi connectivity index (χ0) is 13.1. The van der Waals surface area contributed by atoms with Crippen molar-refractivity contribution in [3.05, 3.63) is 52.4 Å². The summed E-state index contributed by atoms with van der Waals surface area (Å²) in [7, 11) is 0. The summed E-state index contributed by atoms with van der Waals surface area (Å²) in [5.41, 5.74) is -0.134. The third-order valence-corrected chi connectivity index (χ3v) is 2.70. The molecule has 4 nitrogen and oxygen atoms in total. The molecule has 1 aromatic carbocycles. The van der Waals surface area contributed by atoms with Crippen molar-refractivity contribution in [1.82, 2.24) is 4.98 Å². The van der Waals surface area contributed by atoms with E-state index in [0.717, 1.165) is 0 Å². The van der Waals surface area contributed by atoms with Crippen molar-refractivity contribution in [1.29, 1.82) is 0 Å². The third-order valence-electron chi connectivity index (χ3n) is 2.06. The first-order valence-corrected chi connectivity index (χ1v) is 5.69. The van der Waals surface area contributed by atoms with Gasteiger partial charge in [0, 0.05) is 12.1 Å². The van der Waals surface area contributed by atoms with Crippen LogP contribution in [0, 0.1) is 5.82 Å². The molecule has 0 unspecified atom stereocenters. The SMILES string of the molecule is O=C(O)c1cccc(Oc2ccc(Br)c(F)c2)n1. The minimum Gasteiger partial charge on any atom is -0.477 e. The first-order chi connectivity index (χ1) is 8.56. The van der Waals surface area contributed by atoms with Crippen LogP contribution in [0.5, 0.6) is 11.6 Å². The zero-order valence-corrected chi connectivity index (χ0v) is 10.5. The molecule has 6 heteroatoms. The number of hydrogen-bond donors (Lipinski definition) is 1. The van der Waals surface area contributed by atoms with Gasteiger partial charge < -0.3 is 9.84 Å². The fourth-order valence-corrected chi connectivity index (χ4v) is 1.50. The first-order valence-electron chi connectivity index (χ1n) is 4.89. The van der Waals surface area contributed by atoms with E-state index in [0.29, 0.717) is 4.47 Å². The Morgan fingerprint density at radius 2 is 2.11 bits per heavy atom. The Morgan fingerprint density at radius 3 is 2.78 bits per heavy atom. The lowest BCUT2D eigenvalue weighted by molar-refractivity contribution is 0.0689. The molecular weight excluding hydrogens is 305 g/mol. The van der Waals surface area contributed by atoms with Crippen molar-refractivity contribution < 1.29 is 19.0 Å². The molecule has 2 aromatic rings. The maximum Gasteiger partial charge on any atom is 0.354 e. The number of aromatic nitrogens is 1. The normalized spacial score (nSPS) is 10.1. The summed E-state index contributed by atoms with van der Waals surface area (Å²) < 4.78 is 18.8. The van der Waals surface area contributed by atoms with E-state index in [4.69, 9.17) is 9.84 Å². The summed E-state index contributed by atoms with van der Waals surface area (Å²) >= 11 is 3.02. The Labute approximate surface area is 110 Å². The molecular formula is C12H7BrFNO3. The van der Waals surface area contributed by atoms with Crippen LogP contribution in [-0.4, -0.2) is 16.1 Å². The minimum absolute atomic E-state index is 0.0941. The van der Waals surface area contributed by atoms with Crippen LogP contribution in [0.15, 0.2) is 40.9 Å². The molecule has 0 aliphatic heterocycles. The largest absolute Gasteiger partial charge is 0.477 e. The lowest BCUT2D eigenvalue weighted by Gasteiger charge is -2.05. The Kier molecular flexibility index (Phi) is 3.57. The smallest absolute Gasteiger partial charge is 0.354 e. The summed E-state index contributed by atoms with van der Waals surface area (Å²) in [4.78, 5) is 14.5. The molecule has 2 rings (SSSR count). The van der Waals surface area contributed by atoms with E-state index in [1.54, 1.807) is 6.07 Å². The Hall–Kier alpha value is -1.95. The van der Waals surface area contributed by atoms with Gasteiger partial charge >= 0.3 is 5.97 Å². The molecule has 0 bridgehead atoms. The quantitative estimate of drug-likeness (QED) is 0.943. The summed E-state index contributed by atoms with van der Waals surface area (Å²) in [5, 5.41) is 8.77. The van der Waals surface area contributed by atoms with Crippen LogP contribution >= 0.6 is 15.9 Å². The molecule has 92 valence electrons. The van der Waals surface area contributed by atoms with Gasteiger partial charge in [0.2, 0.25) is 5.88 Å². The fraction of sp³-hybridized carbons (Fsp3) is 0. The monoisotopic (exact) mass is 311 g/mol. The highest BCUT2D eigenvalue weighted by atomic mass is 79.9. The second-order valence-corrected chi connectivity index (χ2v) is 4.20. The number of carboxylic acids is 1. The summed E-state index contributed by atoms with van der Waals surface area (Å²) in [5.74, 6) is -1.29. The van der Waals surface area contributed by atoms with Gasteiger partial charge in [0.1, 0.15) is 11.6 Å². The average Bonchev–Trinajstić information content (AvgIpc) is 2.34. The van der Waals surface area contributed by atoms with Crippen molar-refractivity contribution in [3.63, 3.8) is 0 Å².